The molecule has 3 amide bonds. The first-order valence-electron chi connectivity index (χ1n) is 15.0. The van der Waals surface area contributed by atoms with Gasteiger partial charge in [0, 0.05) is 45.5 Å². The smallest absolute Gasteiger partial charge is 0.416 e. The summed E-state index contributed by atoms with van der Waals surface area (Å²) in [7, 11) is 1.51. The molecule has 0 fully saturated rings. The standard InChI is InChI=1S/C33H45F3N4O5/c1-31(2,3)22-44-30(43)40-16-15-25-23(20-40)12-10-14-27(25)37-19-28(41)39(18-17-38(7)29(42)45-32(4,5)6)21-24-11-8-9-13-26(24)33(34,35)36/h8-14,37H,15-22H2,1-7H3. The number of ether oxygens (including phenoxy) is 2. The second kappa shape index (κ2) is 14.4. The van der Waals surface area contributed by atoms with Crippen LogP contribution in [0.4, 0.5) is 28.4 Å². The molecule has 45 heavy (non-hydrogen) atoms. The number of hydrogen-bond acceptors (Lipinski definition) is 6. The van der Waals surface area contributed by atoms with Crippen LogP contribution in [0.3, 0.4) is 0 Å². The van der Waals surface area contributed by atoms with Gasteiger partial charge in [0.1, 0.15) is 5.60 Å². The van der Waals surface area contributed by atoms with E-state index in [1.165, 1.54) is 35.0 Å². The summed E-state index contributed by atoms with van der Waals surface area (Å²) < 4.78 is 52.1. The van der Waals surface area contributed by atoms with Gasteiger partial charge < -0.3 is 29.5 Å². The summed E-state index contributed by atoms with van der Waals surface area (Å²) in [5, 5.41) is 3.16. The van der Waals surface area contributed by atoms with Crippen molar-refractivity contribution in [2.45, 2.75) is 72.8 Å². The number of nitrogens with zero attached hydrogens (tertiary/aromatic N) is 3. The molecule has 12 heteroatoms. The number of likely N-dealkylation sites (N-methyl/N-ethyl adjacent to an activating group) is 1. The summed E-state index contributed by atoms with van der Waals surface area (Å²) in [6.45, 7) is 11.8. The first-order chi connectivity index (χ1) is 20.8. The Hall–Kier alpha value is -3.96. The van der Waals surface area contributed by atoms with Crippen LogP contribution in [-0.4, -0.2) is 78.2 Å². The summed E-state index contributed by atoms with van der Waals surface area (Å²) >= 11 is 0. The zero-order valence-electron chi connectivity index (χ0n) is 27.2. The van der Waals surface area contributed by atoms with Crippen molar-refractivity contribution in [2.24, 2.45) is 5.41 Å². The van der Waals surface area contributed by atoms with Gasteiger partial charge in [-0.2, -0.15) is 13.2 Å². The molecule has 0 spiro atoms. The number of rotatable bonds is 9. The van der Waals surface area contributed by atoms with E-state index < -0.39 is 29.3 Å². The number of hydrogen-bond donors (Lipinski definition) is 1. The van der Waals surface area contributed by atoms with Crippen LogP contribution in [0, 0.1) is 5.41 Å². The quantitative estimate of drug-likeness (QED) is 0.336. The van der Waals surface area contributed by atoms with E-state index in [0.717, 1.165) is 17.2 Å². The number of carbonyl (C=O) groups is 3. The second-order valence-corrected chi connectivity index (χ2v) is 13.5. The molecule has 1 aliphatic heterocycles. The summed E-state index contributed by atoms with van der Waals surface area (Å²) in [6.07, 6.45) is -5.03. The molecule has 0 radical (unpaired) electrons. The van der Waals surface area contributed by atoms with E-state index in [0.29, 0.717) is 31.8 Å². The molecule has 2 aromatic carbocycles. The highest BCUT2D eigenvalue weighted by atomic mass is 19.4. The predicted molar refractivity (Wildman–Crippen MR) is 166 cm³/mol. The highest BCUT2D eigenvalue weighted by Gasteiger charge is 2.34. The van der Waals surface area contributed by atoms with E-state index in [1.807, 2.05) is 39.0 Å². The monoisotopic (exact) mass is 634 g/mol. The van der Waals surface area contributed by atoms with Crippen molar-refractivity contribution in [3.63, 3.8) is 0 Å². The molecule has 0 saturated heterocycles. The Labute approximate surface area is 263 Å². The van der Waals surface area contributed by atoms with Gasteiger partial charge in [-0.3, -0.25) is 4.79 Å². The van der Waals surface area contributed by atoms with E-state index in [1.54, 1.807) is 25.7 Å². The number of carbonyl (C=O) groups excluding carboxylic acids is 3. The number of halogens is 3. The minimum absolute atomic E-state index is 0.0129. The van der Waals surface area contributed by atoms with E-state index in [4.69, 9.17) is 9.47 Å². The normalized spacial score (nSPS) is 13.5. The Morgan fingerprint density at radius 2 is 1.64 bits per heavy atom. The summed E-state index contributed by atoms with van der Waals surface area (Å²) in [5.41, 5.74) is 0.846. The predicted octanol–water partition coefficient (Wildman–Crippen LogP) is 6.55. The van der Waals surface area contributed by atoms with E-state index >= 15 is 0 Å². The lowest BCUT2D eigenvalue weighted by atomic mass is 9.97. The van der Waals surface area contributed by atoms with Crippen molar-refractivity contribution < 1.29 is 37.0 Å². The molecule has 1 aliphatic rings. The third kappa shape index (κ3) is 10.9. The summed E-state index contributed by atoms with van der Waals surface area (Å²) in [6, 6.07) is 10.7. The molecule has 248 valence electrons. The molecule has 0 aliphatic carbocycles. The minimum Gasteiger partial charge on any atom is -0.449 e. The van der Waals surface area contributed by atoms with Crippen LogP contribution in [0.15, 0.2) is 42.5 Å². The minimum atomic E-state index is -4.59. The number of fused-ring (bicyclic) bond motifs is 1. The lowest BCUT2D eigenvalue weighted by Gasteiger charge is -2.31. The Kier molecular flexibility index (Phi) is 11.4. The molecule has 0 bridgehead atoms. The first-order valence-corrected chi connectivity index (χ1v) is 15.0. The number of alkyl halides is 3. The van der Waals surface area contributed by atoms with E-state index in [-0.39, 0.29) is 43.3 Å². The Balaban J connectivity index is 1.74. The van der Waals surface area contributed by atoms with Crippen molar-refractivity contribution in [1.29, 1.82) is 0 Å². The highest BCUT2D eigenvalue weighted by molar-refractivity contribution is 5.81. The fourth-order valence-corrected chi connectivity index (χ4v) is 4.72. The number of benzene rings is 2. The van der Waals surface area contributed by atoms with Crippen molar-refractivity contribution in [3.8, 4) is 0 Å². The van der Waals surface area contributed by atoms with Crippen LogP contribution in [0.25, 0.3) is 0 Å². The van der Waals surface area contributed by atoms with Gasteiger partial charge in [-0.05, 0) is 61.4 Å². The average Bonchev–Trinajstić information content (AvgIpc) is 2.94. The van der Waals surface area contributed by atoms with Crippen LogP contribution in [0.2, 0.25) is 0 Å². The largest absolute Gasteiger partial charge is 0.449 e. The topological polar surface area (TPSA) is 91.4 Å². The maximum atomic E-state index is 13.8. The SMILES string of the molecule is CN(CCN(Cc1ccccc1C(F)(F)F)C(=O)CNc1cccc2c1CCN(C(=O)OCC(C)(C)C)C2)C(=O)OC(C)(C)C. The fraction of sp³-hybridized carbons (Fsp3) is 0.545. The van der Waals surface area contributed by atoms with Gasteiger partial charge in [-0.15, -0.1) is 0 Å². The van der Waals surface area contributed by atoms with Crippen molar-refractivity contribution in [2.75, 3.05) is 45.2 Å². The van der Waals surface area contributed by atoms with Crippen molar-refractivity contribution in [3.05, 3.63) is 64.7 Å². The molecule has 0 unspecified atom stereocenters. The molecule has 0 saturated carbocycles. The zero-order valence-corrected chi connectivity index (χ0v) is 27.2. The van der Waals surface area contributed by atoms with Gasteiger partial charge in [0.25, 0.3) is 0 Å². The molecule has 0 aromatic heterocycles. The fourth-order valence-electron chi connectivity index (χ4n) is 4.72. The Bertz CT molecular complexity index is 1350. The van der Waals surface area contributed by atoms with Gasteiger partial charge in [-0.1, -0.05) is 51.1 Å². The molecule has 1 N–H and O–H groups in total. The third-order valence-corrected chi connectivity index (χ3v) is 7.03. The van der Waals surface area contributed by atoms with Gasteiger partial charge >= 0.3 is 18.4 Å². The van der Waals surface area contributed by atoms with Crippen LogP contribution in [0.1, 0.15) is 63.8 Å². The molecular weight excluding hydrogens is 589 g/mol. The molecule has 0 atom stereocenters. The lowest BCUT2D eigenvalue weighted by molar-refractivity contribution is -0.139. The molecule has 9 nitrogen and oxygen atoms in total. The van der Waals surface area contributed by atoms with Gasteiger partial charge in [-0.25, -0.2) is 9.59 Å². The van der Waals surface area contributed by atoms with E-state index in [9.17, 15) is 27.6 Å². The Morgan fingerprint density at radius 1 is 0.956 bits per heavy atom. The second-order valence-electron chi connectivity index (χ2n) is 13.5. The zero-order chi connectivity index (χ0) is 33.6. The van der Waals surface area contributed by atoms with Crippen LogP contribution in [-0.2, 0) is 40.0 Å². The van der Waals surface area contributed by atoms with Gasteiger partial charge in [0.15, 0.2) is 0 Å². The highest BCUT2D eigenvalue weighted by Crippen LogP contribution is 2.32. The maximum Gasteiger partial charge on any atom is 0.416 e. The number of amides is 3. The first kappa shape index (κ1) is 35.5. The molecular formula is C33H45F3N4O5. The van der Waals surface area contributed by atoms with E-state index in [2.05, 4.69) is 5.32 Å². The van der Waals surface area contributed by atoms with Crippen LogP contribution >= 0.6 is 0 Å². The van der Waals surface area contributed by atoms with Gasteiger partial charge in [0.2, 0.25) is 5.91 Å². The summed E-state index contributed by atoms with van der Waals surface area (Å²) in [5.74, 6) is -0.439. The Morgan fingerprint density at radius 3 is 2.29 bits per heavy atom. The van der Waals surface area contributed by atoms with Gasteiger partial charge in [0.05, 0.1) is 18.7 Å². The maximum absolute atomic E-state index is 13.8. The molecule has 2 aromatic rings. The third-order valence-electron chi connectivity index (χ3n) is 7.03. The molecule has 3 rings (SSSR count). The van der Waals surface area contributed by atoms with Crippen molar-refractivity contribution in [1.82, 2.24) is 14.7 Å². The number of anilines is 1. The average molecular weight is 635 g/mol. The van der Waals surface area contributed by atoms with Crippen molar-refractivity contribution >= 4 is 23.8 Å². The van der Waals surface area contributed by atoms with Crippen LogP contribution in [0.5, 0.6) is 0 Å². The summed E-state index contributed by atoms with van der Waals surface area (Å²) in [4.78, 5) is 42.9. The molecule has 1 heterocycles. The number of nitrogens with one attached hydrogen (secondary N) is 1. The van der Waals surface area contributed by atoms with Crippen LogP contribution < -0.4 is 5.32 Å². The lowest BCUT2D eigenvalue weighted by Crippen LogP contribution is -2.43.